The Morgan fingerprint density at radius 2 is 2.05 bits per heavy atom. The van der Waals surface area contributed by atoms with Crippen molar-refractivity contribution in [2.75, 3.05) is 6.61 Å². The maximum atomic E-state index is 11.8. The van der Waals surface area contributed by atoms with Crippen molar-refractivity contribution in [2.45, 2.75) is 6.92 Å². The lowest BCUT2D eigenvalue weighted by atomic mass is 10.1. The second-order valence-electron chi connectivity index (χ2n) is 3.97. The van der Waals surface area contributed by atoms with E-state index in [1.54, 1.807) is 30.3 Å². The van der Waals surface area contributed by atoms with E-state index in [9.17, 15) is 9.59 Å². The molecule has 0 atom stereocenters. The molecule has 1 aromatic carbocycles. The fourth-order valence-electron chi connectivity index (χ4n) is 1.52. The second-order valence-corrected chi connectivity index (χ2v) is 6.44. The van der Waals surface area contributed by atoms with Crippen molar-refractivity contribution < 1.29 is 14.3 Å². The second kappa shape index (κ2) is 6.12. The zero-order chi connectivity index (χ0) is 13.8. The summed E-state index contributed by atoms with van der Waals surface area (Å²) in [5.41, 5.74) is 1.43. The van der Waals surface area contributed by atoms with Crippen LogP contribution in [0.1, 0.15) is 25.6 Å². The van der Waals surface area contributed by atoms with Crippen molar-refractivity contribution in [3.63, 3.8) is 0 Å². The average molecular weight is 339 g/mol. The summed E-state index contributed by atoms with van der Waals surface area (Å²) in [6.07, 6.45) is 0. The first-order valence-corrected chi connectivity index (χ1v) is 7.19. The monoisotopic (exact) mass is 338 g/mol. The molecule has 0 unspecified atom stereocenters. The molecular formula is C14H11BrO3S. The van der Waals surface area contributed by atoms with Crippen LogP contribution in [0, 0.1) is 6.92 Å². The standard InChI is InChI=1S/C14H11BrO3S/c1-9-3-2-4-10(7-9)14(17)18-8-11(16)12-5-6-13(15)19-12/h2-7H,8H2,1H3. The number of carbonyl (C=O) groups is 2. The molecule has 0 saturated carbocycles. The van der Waals surface area contributed by atoms with Crippen LogP contribution < -0.4 is 0 Å². The first-order chi connectivity index (χ1) is 9.06. The van der Waals surface area contributed by atoms with Crippen LogP contribution in [-0.2, 0) is 4.74 Å². The van der Waals surface area contributed by atoms with Crippen LogP contribution in [0.2, 0.25) is 0 Å². The Labute approximate surface area is 123 Å². The largest absolute Gasteiger partial charge is 0.454 e. The lowest BCUT2D eigenvalue weighted by Crippen LogP contribution is -2.13. The van der Waals surface area contributed by atoms with Gasteiger partial charge in [0.15, 0.2) is 6.61 Å². The molecule has 3 nitrogen and oxygen atoms in total. The van der Waals surface area contributed by atoms with E-state index in [4.69, 9.17) is 4.74 Å². The Morgan fingerprint density at radius 1 is 1.26 bits per heavy atom. The quantitative estimate of drug-likeness (QED) is 0.628. The molecule has 0 N–H and O–H groups in total. The van der Waals surface area contributed by atoms with Crippen molar-refractivity contribution in [1.29, 1.82) is 0 Å². The number of Topliss-reactive ketones (excluding diaryl/α,β-unsaturated/α-hetero) is 1. The van der Waals surface area contributed by atoms with Gasteiger partial charge in [-0.2, -0.15) is 0 Å². The smallest absolute Gasteiger partial charge is 0.338 e. The average Bonchev–Trinajstić information content (AvgIpc) is 2.82. The Morgan fingerprint density at radius 3 is 2.68 bits per heavy atom. The Bertz CT molecular complexity index is 619. The van der Waals surface area contributed by atoms with E-state index < -0.39 is 5.97 Å². The van der Waals surface area contributed by atoms with Gasteiger partial charge in [-0.3, -0.25) is 4.79 Å². The summed E-state index contributed by atoms with van der Waals surface area (Å²) in [6, 6.07) is 10.6. The molecule has 0 bridgehead atoms. The third-order valence-corrected chi connectivity index (χ3v) is 4.10. The highest BCUT2D eigenvalue weighted by atomic mass is 79.9. The molecule has 2 aromatic rings. The summed E-state index contributed by atoms with van der Waals surface area (Å²) in [4.78, 5) is 24.1. The SMILES string of the molecule is Cc1cccc(C(=O)OCC(=O)c2ccc(Br)s2)c1. The summed E-state index contributed by atoms with van der Waals surface area (Å²) in [7, 11) is 0. The lowest BCUT2D eigenvalue weighted by molar-refractivity contribution is 0.0476. The van der Waals surface area contributed by atoms with Crippen molar-refractivity contribution in [2.24, 2.45) is 0 Å². The van der Waals surface area contributed by atoms with Gasteiger partial charge in [0.1, 0.15) is 0 Å². The molecule has 0 amide bonds. The van der Waals surface area contributed by atoms with Gasteiger partial charge in [-0.1, -0.05) is 17.7 Å². The van der Waals surface area contributed by atoms with Gasteiger partial charge in [0.05, 0.1) is 14.2 Å². The van der Waals surface area contributed by atoms with Crippen LogP contribution >= 0.6 is 27.3 Å². The van der Waals surface area contributed by atoms with E-state index >= 15 is 0 Å². The molecule has 19 heavy (non-hydrogen) atoms. The summed E-state index contributed by atoms with van der Waals surface area (Å²) in [6.45, 7) is 1.66. The zero-order valence-electron chi connectivity index (χ0n) is 10.2. The van der Waals surface area contributed by atoms with Gasteiger partial charge in [-0.15, -0.1) is 11.3 Å². The number of halogens is 1. The van der Waals surface area contributed by atoms with Gasteiger partial charge in [-0.25, -0.2) is 4.79 Å². The van der Waals surface area contributed by atoms with Gasteiger partial charge in [0.25, 0.3) is 0 Å². The van der Waals surface area contributed by atoms with E-state index in [0.29, 0.717) is 10.4 Å². The molecule has 0 aliphatic carbocycles. The van der Waals surface area contributed by atoms with Crippen molar-refractivity contribution in [3.05, 3.63) is 56.2 Å². The fraction of sp³-hybridized carbons (Fsp3) is 0.143. The molecule has 1 aromatic heterocycles. The summed E-state index contributed by atoms with van der Waals surface area (Å²) in [5.74, 6) is -0.677. The maximum absolute atomic E-state index is 11.8. The van der Waals surface area contributed by atoms with E-state index in [0.717, 1.165) is 9.35 Å². The third kappa shape index (κ3) is 3.75. The molecule has 1 heterocycles. The Balaban J connectivity index is 1.95. The van der Waals surface area contributed by atoms with Crippen LogP contribution in [-0.4, -0.2) is 18.4 Å². The summed E-state index contributed by atoms with van der Waals surface area (Å²) < 4.78 is 5.89. The molecule has 5 heteroatoms. The van der Waals surface area contributed by atoms with E-state index in [1.165, 1.54) is 11.3 Å². The predicted octanol–water partition coefficient (Wildman–Crippen LogP) is 3.86. The number of ether oxygens (including phenoxy) is 1. The van der Waals surface area contributed by atoms with Crippen molar-refractivity contribution >= 4 is 39.0 Å². The first-order valence-electron chi connectivity index (χ1n) is 5.58. The van der Waals surface area contributed by atoms with Crippen LogP contribution in [0.5, 0.6) is 0 Å². The van der Waals surface area contributed by atoms with E-state index in [1.807, 2.05) is 13.0 Å². The van der Waals surface area contributed by atoms with Gasteiger partial charge in [0, 0.05) is 0 Å². The lowest BCUT2D eigenvalue weighted by Gasteiger charge is -2.03. The number of hydrogen-bond donors (Lipinski definition) is 0. The highest BCUT2D eigenvalue weighted by molar-refractivity contribution is 9.11. The fourth-order valence-corrected chi connectivity index (χ4v) is 2.83. The van der Waals surface area contributed by atoms with Gasteiger partial charge < -0.3 is 4.74 Å². The van der Waals surface area contributed by atoms with Gasteiger partial charge >= 0.3 is 5.97 Å². The van der Waals surface area contributed by atoms with Crippen LogP contribution in [0.4, 0.5) is 0 Å². The molecule has 0 saturated heterocycles. The molecule has 0 radical (unpaired) electrons. The van der Waals surface area contributed by atoms with Crippen LogP contribution in [0.15, 0.2) is 40.2 Å². The van der Waals surface area contributed by atoms with Crippen LogP contribution in [0.25, 0.3) is 0 Å². The minimum Gasteiger partial charge on any atom is -0.454 e. The molecule has 0 aliphatic rings. The summed E-state index contributed by atoms with van der Waals surface area (Å²) in [5, 5.41) is 0. The van der Waals surface area contributed by atoms with Gasteiger partial charge in [0.2, 0.25) is 5.78 Å². The number of carbonyl (C=O) groups excluding carboxylic acids is 2. The number of rotatable bonds is 4. The molecule has 0 aliphatic heterocycles. The summed E-state index contributed by atoms with van der Waals surface area (Å²) >= 11 is 4.61. The number of ketones is 1. The molecule has 98 valence electrons. The zero-order valence-corrected chi connectivity index (χ0v) is 12.6. The number of thiophene rings is 1. The van der Waals surface area contributed by atoms with Crippen molar-refractivity contribution in [3.8, 4) is 0 Å². The third-order valence-electron chi connectivity index (χ3n) is 2.44. The first kappa shape index (κ1) is 14.0. The maximum Gasteiger partial charge on any atom is 0.338 e. The van der Waals surface area contributed by atoms with E-state index in [2.05, 4.69) is 15.9 Å². The Kier molecular flexibility index (Phi) is 4.50. The minimum atomic E-state index is -0.479. The van der Waals surface area contributed by atoms with Gasteiger partial charge in [-0.05, 0) is 47.1 Å². The number of aryl methyl sites for hydroxylation is 1. The number of hydrogen-bond acceptors (Lipinski definition) is 4. The molecule has 0 spiro atoms. The highest BCUT2D eigenvalue weighted by Crippen LogP contribution is 2.22. The molecule has 2 rings (SSSR count). The predicted molar refractivity (Wildman–Crippen MR) is 77.8 cm³/mol. The normalized spacial score (nSPS) is 10.2. The topological polar surface area (TPSA) is 43.4 Å². The molecule has 0 fully saturated rings. The number of benzene rings is 1. The van der Waals surface area contributed by atoms with Crippen LogP contribution in [0.3, 0.4) is 0 Å². The highest BCUT2D eigenvalue weighted by Gasteiger charge is 2.13. The Hall–Kier alpha value is -1.46. The minimum absolute atomic E-state index is 0.197. The molecular weight excluding hydrogens is 328 g/mol. The van der Waals surface area contributed by atoms with E-state index in [-0.39, 0.29) is 12.4 Å². The number of esters is 1. The van der Waals surface area contributed by atoms with Crippen molar-refractivity contribution in [1.82, 2.24) is 0 Å².